The van der Waals surface area contributed by atoms with E-state index >= 15 is 0 Å². The van der Waals surface area contributed by atoms with E-state index in [2.05, 4.69) is 54.9 Å². The molecule has 18 heavy (non-hydrogen) atoms. The normalized spacial score (nSPS) is 21.7. The van der Waals surface area contributed by atoms with Gasteiger partial charge in [0.1, 0.15) is 0 Å². The second-order valence-electron chi connectivity index (χ2n) is 5.30. The molecule has 1 aromatic rings. The zero-order chi connectivity index (χ0) is 13.0. The van der Waals surface area contributed by atoms with Gasteiger partial charge in [-0.15, -0.1) is 11.3 Å². The maximum absolute atomic E-state index is 3.48. The van der Waals surface area contributed by atoms with Gasteiger partial charge in [0.25, 0.3) is 0 Å². The molecule has 4 heteroatoms. The molecule has 1 aromatic heterocycles. The van der Waals surface area contributed by atoms with Crippen LogP contribution in [0, 0.1) is 0 Å². The molecule has 1 saturated heterocycles. The largest absolute Gasteiger partial charge is 0.310 e. The molecular formula is C14H24N2S2. The minimum absolute atomic E-state index is 0.565. The first kappa shape index (κ1) is 14.4. The molecule has 2 nitrogen and oxygen atoms in total. The molecule has 1 fully saturated rings. The van der Waals surface area contributed by atoms with Crippen LogP contribution < -0.4 is 5.32 Å². The number of nitrogens with one attached hydrogen (secondary N) is 1. The zero-order valence-electron chi connectivity index (χ0n) is 11.6. The van der Waals surface area contributed by atoms with Gasteiger partial charge in [-0.1, -0.05) is 13.8 Å². The first-order valence-corrected chi connectivity index (χ1v) is 8.75. The van der Waals surface area contributed by atoms with E-state index in [1.807, 2.05) is 11.3 Å². The summed E-state index contributed by atoms with van der Waals surface area (Å²) in [6.45, 7) is 10.1. The average molecular weight is 284 g/mol. The van der Waals surface area contributed by atoms with Crippen LogP contribution in [-0.2, 0) is 13.1 Å². The summed E-state index contributed by atoms with van der Waals surface area (Å²) in [5.74, 6) is 2.57. The average Bonchev–Trinajstić information content (AvgIpc) is 2.77. The van der Waals surface area contributed by atoms with Crippen LogP contribution in [0.3, 0.4) is 0 Å². The topological polar surface area (TPSA) is 15.3 Å². The predicted molar refractivity (Wildman–Crippen MR) is 83.5 cm³/mol. The molecule has 1 atom stereocenters. The monoisotopic (exact) mass is 284 g/mol. The molecule has 0 aromatic carbocycles. The Balaban J connectivity index is 1.85. The number of thioether (sulfide) groups is 1. The fraction of sp³-hybridized carbons (Fsp3) is 0.714. The Morgan fingerprint density at radius 1 is 1.39 bits per heavy atom. The van der Waals surface area contributed by atoms with Crippen molar-refractivity contribution in [2.24, 2.45) is 0 Å². The number of nitrogens with zero attached hydrogens (tertiary/aromatic N) is 1. The van der Waals surface area contributed by atoms with Crippen molar-refractivity contribution in [1.29, 1.82) is 0 Å². The standard InChI is InChI=1S/C14H24N2S2/c1-11(2)15-8-13-4-5-14(18-13)9-16-6-7-17-10-12(16)3/h4-5,11-12,15H,6-10H2,1-3H3. The third-order valence-electron chi connectivity index (χ3n) is 3.27. The van der Waals surface area contributed by atoms with Crippen LogP contribution >= 0.6 is 23.1 Å². The van der Waals surface area contributed by atoms with Gasteiger partial charge >= 0.3 is 0 Å². The van der Waals surface area contributed by atoms with Crippen molar-refractivity contribution in [1.82, 2.24) is 10.2 Å². The molecule has 1 unspecified atom stereocenters. The van der Waals surface area contributed by atoms with Crippen molar-refractivity contribution < 1.29 is 0 Å². The summed E-state index contributed by atoms with van der Waals surface area (Å²) in [5, 5.41) is 3.48. The van der Waals surface area contributed by atoms with E-state index in [1.165, 1.54) is 27.8 Å². The van der Waals surface area contributed by atoms with E-state index in [4.69, 9.17) is 0 Å². The number of rotatable bonds is 5. The predicted octanol–water partition coefficient (Wildman–Crippen LogP) is 3.18. The number of hydrogen-bond acceptors (Lipinski definition) is 4. The molecule has 1 N–H and O–H groups in total. The van der Waals surface area contributed by atoms with Gasteiger partial charge in [-0.05, 0) is 19.1 Å². The third kappa shape index (κ3) is 4.26. The Hall–Kier alpha value is -0.0300. The lowest BCUT2D eigenvalue weighted by molar-refractivity contribution is 0.226. The smallest absolute Gasteiger partial charge is 0.0331 e. The fourth-order valence-electron chi connectivity index (χ4n) is 2.10. The minimum Gasteiger partial charge on any atom is -0.310 e. The quantitative estimate of drug-likeness (QED) is 0.894. The molecule has 1 aliphatic rings. The van der Waals surface area contributed by atoms with Gasteiger partial charge in [-0.3, -0.25) is 4.90 Å². The lowest BCUT2D eigenvalue weighted by Gasteiger charge is -2.32. The number of hydrogen-bond donors (Lipinski definition) is 1. The lowest BCUT2D eigenvalue weighted by Crippen LogP contribution is -2.39. The van der Waals surface area contributed by atoms with Crippen LogP contribution in [0.5, 0.6) is 0 Å². The molecular weight excluding hydrogens is 260 g/mol. The van der Waals surface area contributed by atoms with Crippen molar-refractivity contribution in [2.75, 3.05) is 18.1 Å². The van der Waals surface area contributed by atoms with Crippen LogP contribution in [0.25, 0.3) is 0 Å². The Morgan fingerprint density at radius 3 is 2.89 bits per heavy atom. The van der Waals surface area contributed by atoms with E-state index in [9.17, 15) is 0 Å². The summed E-state index contributed by atoms with van der Waals surface area (Å²) in [6.07, 6.45) is 0. The second-order valence-corrected chi connectivity index (χ2v) is 7.70. The Kier molecular flexibility index (Phi) is 5.55. The van der Waals surface area contributed by atoms with E-state index in [0.717, 1.165) is 19.1 Å². The Morgan fingerprint density at radius 2 is 2.17 bits per heavy atom. The highest BCUT2D eigenvalue weighted by Gasteiger charge is 2.19. The second kappa shape index (κ2) is 6.94. The molecule has 2 rings (SSSR count). The third-order valence-corrected chi connectivity index (χ3v) is 5.53. The van der Waals surface area contributed by atoms with Gasteiger partial charge in [0.15, 0.2) is 0 Å². The SMILES string of the molecule is CC(C)NCc1ccc(CN2CCSCC2C)s1. The summed E-state index contributed by atoms with van der Waals surface area (Å²) < 4.78 is 0. The summed E-state index contributed by atoms with van der Waals surface area (Å²) >= 11 is 4.05. The Bertz CT molecular complexity index is 362. The highest BCUT2D eigenvalue weighted by atomic mass is 32.2. The zero-order valence-corrected chi connectivity index (χ0v) is 13.2. The van der Waals surface area contributed by atoms with Crippen molar-refractivity contribution in [3.8, 4) is 0 Å². The van der Waals surface area contributed by atoms with Crippen LogP contribution in [0.1, 0.15) is 30.5 Å². The van der Waals surface area contributed by atoms with Crippen molar-refractivity contribution in [2.45, 2.75) is 45.9 Å². The number of thiophene rings is 1. The van der Waals surface area contributed by atoms with Crippen molar-refractivity contribution >= 4 is 23.1 Å². The summed E-state index contributed by atoms with van der Waals surface area (Å²) in [4.78, 5) is 5.58. The maximum Gasteiger partial charge on any atom is 0.0331 e. The van der Waals surface area contributed by atoms with Gasteiger partial charge in [0.2, 0.25) is 0 Å². The molecule has 0 amide bonds. The van der Waals surface area contributed by atoms with Gasteiger partial charge in [-0.2, -0.15) is 11.8 Å². The summed E-state index contributed by atoms with van der Waals surface area (Å²) in [7, 11) is 0. The van der Waals surface area contributed by atoms with E-state index in [1.54, 1.807) is 0 Å². The van der Waals surface area contributed by atoms with Crippen LogP contribution in [0.2, 0.25) is 0 Å². The van der Waals surface area contributed by atoms with Gasteiger partial charge in [-0.25, -0.2) is 0 Å². The van der Waals surface area contributed by atoms with Gasteiger partial charge in [0.05, 0.1) is 0 Å². The molecule has 2 heterocycles. The fourth-order valence-corrected chi connectivity index (χ4v) is 4.18. The maximum atomic E-state index is 3.48. The summed E-state index contributed by atoms with van der Waals surface area (Å²) in [6, 6.07) is 5.87. The molecule has 0 radical (unpaired) electrons. The summed E-state index contributed by atoms with van der Waals surface area (Å²) in [5.41, 5.74) is 0. The first-order chi connectivity index (χ1) is 8.65. The van der Waals surface area contributed by atoms with Crippen LogP contribution in [0.4, 0.5) is 0 Å². The highest BCUT2D eigenvalue weighted by molar-refractivity contribution is 7.99. The molecule has 1 aliphatic heterocycles. The molecule has 0 saturated carbocycles. The first-order valence-electron chi connectivity index (χ1n) is 6.78. The Labute approximate surface area is 119 Å². The van der Waals surface area contributed by atoms with E-state index in [0.29, 0.717) is 6.04 Å². The van der Waals surface area contributed by atoms with Gasteiger partial charge in [0, 0.05) is 53.0 Å². The van der Waals surface area contributed by atoms with E-state index < -0.39 is 0 Å². The van der Waals surface area contributed by atoms with Crippen molar-refractivity contribution in [3.63, 3.8) is 0 Å². The molecule has 0 aliphatic carbocycles. The van der Waals surface area contributed by atoms with Crippen LogP contribution in [-0.4, -0.2) is 35.0 Å². The van der Waals surface area contributed by atoms with E-state index in [-0.39, 0.29) is 0 Å². The van der Waals surface area contributed by atoms with Crippen LogP contribution in [0.15, 0.2) is 12.1 Å². The lowest BCUT2D eigenvalue weighted by atomic mass is 10.3. The highest BCUT2D eigenvalue weighted by Crippen LogP contribution is 2.23. The minimum atomic E-state index is 0.565. The molecule has 0 bridgehead atoms. The molecule has 102 valence electrons. The van der Waals surface area contributed by atoms with Gasteiger partial charge < -0.3 is 5.32 Å². The van der Waals surface area contributed by atoms with Crippen molar-refractivity contribution in [3.05, 3.63) is 21.9 Å². The molecule has 0 spiro atoms.